The average molecular weight is 260 g/mol. The van der Waals surface area contributed by atoms with E-state index in [9.17, 15) is 8.78 Å². The molecule has 0 unspecified atom stereocenters. The predicted molar refractivity (Wildman–Crippen MR) is 67.5 cm³/mol. The van der Waals surface area contributed by atoms with Crippen LogP contribution in [0.3, 0.4) is 0 Å². The van der Waals surface area contributed by atoms with Crippen LogP contribution in [0.1, 0.15) is 5.56 Å². The lowest BCUT2D eigenvalue weighted by atomic mass is 10.1. The third-order valence-electron chi connectivity index (χ3n) is 2.89. The van der Waals surface area contributed by atoms with E-state index in [1.54, 1.807) is 10.6 Å². The Morgan fingerprint density at radius 1 is 1.11 bits per heavy atom. The summed E-state index contributed by atoms with van der Waals surface area (Å²) in [5, 5.41) is 7.89. The average Bonchev–Trinajstić information content (AvgIpc) is 2.76. The van der Waals surface area contributed by atoms with E-state index in [1.807, 2.05) is 19.1 Å². The molecule has 0 spiro atoms. The maximum absolute atomic E-state index is 13.8. The van der Waals surface area contributed by atoms with Crippen LogP contribution >= 0.6 is 0 Å². The van der Waals surface area contributed by atoms with Crippen LogP contribution in [0.5, 0.6) is 0 Å². The van der Waals surface area contributed by atoms with Gasteiger partial charge in [0.2, 0.25) is 0 Å². The van der Waals surface area contributed by atoms with Gasteiger partial charge in [-0.05, 0) is 30.7 Å². The molecule has 0 aliphatic heterocycles. The number of aryl methyl sites for hydroxylation is 1. The highest BCUT2D eigenvalue weighted by atomic mass is 19.1. The van der Waals surface area contributed by atoms with Gasteiger partial charge in [0.05, 0.1) is 11.3 Å². The molecule has 4 nitrogen and oxygen atoms in total. The normalized spacial score (nSPS) is 11.1. The first kappa shape index (κ1) is 11.6. The molecule has 2 heterocycles. The molecule has 1 aromatic carbocycles. The number of nitrogen functional groups attached to an aromatic ring is 1. The van der Waals surface area contributed by atoms with Crippen LogP contribution in [0.4, 0.5) is 14.5 Å². The number of benzene rings is 1. The number of aromatic nitrogens is 3. The molecule has 19 heavy (non-hydrogen) atoms. The smallest absolute Gasteiger partial charge is 0.171 e. The lowest BCUT2D eigenvalue weighted by Gasteiger charge is -2.04. The number of anilines is 1. The Kier molecular flexibility index (Phi) is 2.45. The molecule has 0 bridgehead atoms. The number of nitrogens with two attached hydrogens (primary N) is 1. The highest BCUT2D eigenvalue weighted by molar-refractivity contribution is 5.65. The number of hydrogen-bond acceptors (Lipinski definition) is 3. The van der Waals surface area contributed by atoms with Crippen molar-refractivity contribution in [1.82, 2.24) is 14.6 Å². The van der Waals surface area contributed by atoms with Crippen LogP contribution in [0.25, 0.3) is 17.0 Å². The molecule has 0 fully saturated rings. The van der Waals surface area contributed by atoms with Gasteiger partial charge in [-0.2, -0.15) is 0 Å². The second kappa shape index (κ2) is 4.01. The molecule has 2 aromatic heterocycles. The van der Waals surface area contributed by atoms with Crippen molar-refractivity contribution in [2.45, 2.75) is 6.92 Å². The molecule has 2 N–H and O–H groups in total. The number of pyridine rings is 1. The molecule has 0 saturated heterocycles. The molecule has 96 valence electrons. The number of rotatable bonds is 1. The highest BCUT2D eigenvalue weighted by Crippen LogP contribution is 2.26. The fourth-order valence-corrected chi connectivity index (χ4v) is 1.91. The molecule has 0 radical (unpaired) electrons. The monoisotopic (exact) mass is 260 g/mol. The number of halogens is 2. The Bertz CT molecular complexity index is 780. The molecule has 3 rings (SSSR count). The van der Waals surface area contributed by atoms with Crippen molar-refractivity contribution in [3.05, 3.63) is 47.7 Å². The molecule has 3 aromatic rings. The Morgan fingerprint density at radius 3 is 2.68 bits per heavy atom. The Labute approximate surface area is 107 Å². The summed E-state index contributed by atoms with van der Waals surface area (Å²) in [5.41, 5.74) is 7.07. The summed E-state index contributed by atoms with van der Waals surface area (Å²) in [7, 11) is 0. The Hall–Kier alpha value is -2.50. The summed E-state index contributed by atoms with van der Waals surface area (Å²) in [6, 6.07) is 5.65. The van der Waals surface area contributed by atoms with Gasteiger partial charge in [-0.15, -0.1) is 10.2 Å². The van der Waals surface area contributed by atoms with Crippen LogP contribution in [-0.2, 0) is 0 Å². The first-order valence-electron chi connectivity index (χ1n) is 5.62. The zero-order valence-electron chi connectivity index (χ0n) is 10.1. The minimum Gasteiger partial charge on any atom is -0.396 e. The summed E-state index contributed by atoms with van der Waals surface area (Å²) < 4.78 is 28.6. The summed E-state index contributed by atoms with van der Waals surface area (Å²) in [6.07, 6.45) is 1.74. The van der Waals surface area contributed by atoms with Gasteiger partial charge in [0, 0.05) is 12.3 Å². The van der Waals surface area contributed by atoms with Crippen LogP contribution in [0.2, 0.25) is 0 Å². The summed E-state index contributed by atoms with van der Waals surface area (Å²) in [5.74, 6) is -1.22. The van der Waals surface area contributed by atoms with E-state index in [-0.39, 0.29) is 11.3 Å². The van der Waals surface area contributed by atoms with Crippen LogP contribution in [0.15, 0.2) is 30.5 Å². The van der Waals surface area contributed by atoms with Crippen molar-refractivity contribution >= 4 is 11.3 Å². The van der Waals surface area contributed by atoms with Crippen molar-refractivity contribution in [3.63, 3.8) is 0 Å². The van der Waals surface area contributed by atoms with Crippen molar-refractivity contribution < 1.29 is 8.78 Å². The SMILES string of the molecule is Cc1ccn2c(-c3cc(N)c(F)cc3F)nnc2c1. The van der Waals surface area contributed by atoms with E-state index in [1.165, 1.54) is 6.07 Å². The van der Waals surface area contributed by atoms with Gasteiger partial charge in [-0.1, -0.05) is 0 Å². The molecular weight excluding hydrogens is 250 g/mol. The summed E-state index contributed by atoms with van der Waals surface area (Å²) in [4.78, 5) is 0. The third-order valence-corrected chi connectivity index (χ3v) is 2.89. The van der Waals surface area contributed by atoms with Gasteiger partial charge >= 0.3 is 0 Å². The van der Waals surface area contributed by atoms with E-state index in [4.69, 9.17) is 5.73 Å². The number of fused-ring (bicyclic) bond motifs is 1. The summed E-state index contributed by atoms with van der Waals surface area (Å²) >= 11 is 0. The lowest BCUT2D eigenvalue weighted by molar-refractivity contribution is 0.587. The van der Waals surface area contributed by atoms with Gasteiger partial charge < -0.3 is 5.73 Å². The molecule has 0 aliphatic carbocycles. The standard InChI is InChI=1S/C13H10F2N4/c1-7-2-3-19-12(4-7)17-18-13(19)8-5-11(16)10(15)6-9(8)14/h2-6H,16H2,1H3. The zero-order chi connectivity index (χ0) is 13.6. The highest BCUT2D eigenvalue weighted by Gasteiger charge is 2.15. The van der Waals surface area contributed by atoms with Crippen molar-refractivity contribution in [3.8, 4) is 11.4 Å². The maximum Gasteiger partial charge on any atom is 0.171 e. The molecule has 0 saturated carbocycles. The van der Waals surface area contributed by atoms with E-state index in [2.05, 4.69) is 10.2 Å². The summed E-state index contributed by atoms with van der Waals surface area (Å²) in [6.45, 7) is 1.92. The lowest BCUT2D eigenvalue weighted by Crippen LogP contribution is -1.97. The fraction of sp³-hybridized carbons (Fsp3) is 0.0769. The Balaban J connectivity index is 2.28. The minimum atomic E-state index is -0.786. The van der Waals surface area contributed by atoms with E-state index in [0.717, 1.165) is 11.6 Å². The van der Waals surface area contributed by atoms with Gasteiger partial charge in [-0.3, -0.25) is 4.40 Å². The van der Waals surface area contributed by atoms with E-state index < -0.39 is 11.6 Å². The molecule has 0 amide bonds. The van der Waals surface area contributed by atoms with Crippen LogP contribution < -0.4 is 5.73 Å². The van der Waals surface area contributed by atoms with Gasteiger partial charge in [0.25, 0.3) is 0 Å². The first-order chi connectivity index (χ1) is 9.06. The first-order valence-corrected chi connectivity index (χ1v) is 5.62. The van der Waals surface area contributed by atoms with Gasteiger partial charge in [-0.25, -0.2) is 8.78 Å². The van der Waals surface area contributed by atoms with Crippen molar-refractivity contribution in [2.75, 3.05) is 5.73 Å². The second-order valence-corrected chi connectivity index (χ2v) is 4.31. The van der Waals surface area contributed by atoms with Crippen LogP contribution in [-0.4, -0.2) is 14.6 Å². The fourth-order valence-electron chi connectivity index (χ4n) is 1.91. The predicted octanol–water partition coefficient (Wildman–Crippen LogP) is 2.57. The van der Waals surface area contributed by atoms with Gasteiger partial charge in [0.15, 0.2) is 11.5 Å². The van der Waals surface area contributed by atoms with Crippen molar-refractivity contribution in [1.29, 1.82) is 0 Å². The van der Waals surface area contributed by atoms with Gasteiger partial charge in [0.1, 0.15) is 11.6 Å². The third kappa shape index (κ3) is 1.81. The quantitative estimate of drug-likeness (QED) is 0.684. The minimum absolute atomic E-state index is 0.121. The largest absolute Gasteiger partial charge is 0.396 e. The van der Waals surface area contributed by atoms with Crippen LogP contribution in [0, 0.1) is 18.6 Å². The molecule has 0 atom stereocenters. The number of hydrogen-bond donors (Lipinski definition) is 1. The van der Waals surface area contributed by atoms with Crippen molar-refractivity contribution in [2.24, 2.45) is 0 Å². The molecule has 0 aliphatic rings. The molecular formula is C13H10F2N4. The molecule has 6 heteroatoms. The van der Waals surface area contributed by atoms with E-state index in [0.29, 0.717) is 11.5 Å². The second-order valence-electron chi connectivity index (χ2n) is 4.31. The van der Waals surface area contributed by atoms with E-state index >= 15 is 0 Å². The zero-order valence-corrected chi connectivity index (χ0v) is 10.1. The Morgan fingerprint density at radius 2 is 1.89 bits per heavy atom. The number of nitrogens with zero attached hydrogens (tertiary/aromatic N) is 3. The maximum atomic E-state index is 13.8. The topological polar surface area (TPSA) is 56.2 Å².